The van der Waals surface area contributed by atoms with Crippen molar-refractivity contribution in [3.63, 3.8) is 0 Å². The lowest BCUT2D eigenvalue weighted by atomic mass is 9.85. The Morgan fingerprint density at radius 2 is 1.90 bits per heavy atom. The Bertz CT molecular complexity index is 711. The van der Waals surface area contributed by atoms with Gasteiger partial charge in [-0.2, -0.15) is 0 Å². The third kappa shape index (κ3) is 1.58. The van der Waals surface area contributed by atoms with E-state index in [9.17, 15) is 10.1 Å². The summed E-state index contributed by atoms with van der Waals surface area (Å²) in [6, 6.07) is 14.1. The summed E-state index contributed by atoms with van der Waals surface area (Å²) in [5, 5.41) is 14.6. The Balaban J connectivity index is 1.94. The monoisotopic (exact) mass is 266 g/mol. The molecule has 2 aromatic rings. The summed E-state index contributed by atoms with van der Waals surface area (Å²) in [7, 11) is 0. The number of nitro benzene ring substituents is 1. The lowest BCUT2D eigenvalue weighted by Crippen LogP contribution is -2.31. The molecule has 4 nitrogen and oxygen atoms in total. The summed E-state index contributed by atoms with van der Waals surface area (Å²) < 4.78 is 0. The number of benzene rings is 2. The second-order valence-electron chi connectivity index (χ2n) is 5.49. The summed E-state index contributed by atoms with van der Waals surface area (Å²) in [4.78, 5) is 10.7. The van der Waals surface area contributed by atoms with E-state index in [-0.39, 0.29) is 16.5 Å². The fourth-order valence-corrected chi connectivity index (χ4v) is 3.51. The normalized spacial score (nSPS) is 22.8. The SMILES string of the molecule is O=[N+]([O-])c1ccc2c(c1)C1CNC(C2)c2ccccc21. The predicted octanol–water partition coefficient (Wildman–Crippen LogP) is 2.93. The summed E-state index contributed by atoms with van der Waals surface area (Å²) in [6.07, 6.45) is 0.904. The largest absolute Gasteiger partial charge is 0.309 e. The second kappa shape index (κ2) is 4.15. The summed E-state index contributed by atoms with van der Waals surface area (Å²) >= 11 is 0. The van der Waals surface area contributed by atoms with Gasteiger partial charge >= 0.3 is 0 Å². The number of nitrogens with one attached hydrogen (secondary N) is 1. The fraction of sp³-hybridized carbons (Fsp3) is 0.250. The maximum Gasteiger partial charge on any atom is 0.269 e. The van der Waals surface area contributed by atoms with Gasteiger partial charge in [-0.25, -0.2) is 0 Å². The molecule has 2 unspecified atom stereocenters. The number of nitro groups is 1. The minimum atomic E-state index is -0.309. The maximum absolute atomic E-state index is 11.0. The van der Waals surface area contributed by atoms with Crippen LogP contribution in [0.3, 0.4) is 0 Å². The van der Waals surface area contributed by atoms with E-state index < -0.39 is 0 Å². The third-order valence-electron chi connectivity index (χ3n) is 4.45. The molecule has 0 saturated heterocycles. The molecule has 2 aromatic carbocycles. The highest BCUT2D eigenvalue weighted by Crippen LogP contribution is 2.42. The van der Waals surface area contributed by atoms with Gasteiger partial charge in [0.15, 0.2) is 0 Å². The van der Waals surface area contributed by atoms with Crippen LogP contribution in [-0.2, 0) is 6.42 Å². The number of fused-ring (bicyclic) bond motifs is 1. The van der Waals surface area contributed by atoms with Crippen molar-refractivity contribution in [2.45, 2.75) is 18.4 Å². The Morgan fingerprint density at radius 1 is 1.10 bits per heavy atom. The molecule has 20 heavy (non-hydrogen) atoms. The van der Waals surface area contributed by atoms with Crippen LogP contribution in [0.15, 0.2) is 42.5 Å². The Kier molecular flexibility index (Phi) is 2.41. The zero-order chi connectivity index (χ0) is 13.7. The molecule has 3 aliphatic rings. The molecule has 5 rings (SSSR count). The highest BCUT2D eigenvalue weighted by molar-refractivity contribution is 5.52. The molecule has 1 aliphatic carbocycles. The van der Waals surface area contributed by atoms with E-state index in [1.807, 2.05) is 6.07 Å². The second-order valence-corrected chi connectivity index (χ2v) is 5.49. The molecular weight excluding hydrogens is 252 g/mol. The Hall–Kier alpha value is -2.20. The van der Waals surface area contributed by atoms with E-state index in [0.29, 0.717) is 6.04 Å². The predicted molar refractivity (Wildman–Crippen MR) is 75.8 cm³/mol. The van der Waals surface area contributed by atoms with Crippen LogP contribution in [-0.4, -0.2) is 11.5 Å². The van der Waals surface area contributed by atoms with Gasteiger partial charge < -0.3 is 5.32 Å². The molecule has 4 heteroatoms. The zero-order valence-corrected chi connectivity index (χ0v) is 10.9. The van der Waals surface area contributed by atoms with Crippen molar-refractivity contribution < 1.29 is 4.92 Å². The van der Waals surface area contributed by atoms with E-state index >= 15 is 0 Å². The lowest BCUT2D eigenvalue weighted by Gasteiger charge is -2.28. The van der Waals surface area contributed by atoms with E-state index in [1.165, 1.54) is 16.7 Å². The molecule has 2 atom stereocenters. The molecule has 2 aliphatic heterocycles. The molecule has 0 fully saturated rings. The van der Waals surface area contributed by atoms with Crippen molar-refractivity contribution in [1.29, 1.82) is 0 Å². The van der Waals surface area contributed by atoms with Crippen LogP contribution in [0.4, 0.5) is 5.69 Å². The zero-order valence-electron chi connectivity index (χ0n) is 10.9. The highest BCUT2D eigenvalue weighted by atomic mass is 16.6. The van der Waals surface area contributed by atoms with Gasteiger partial charge in [0.2, 0.25) is 0 Å². The first-order chi connectivity index (χ1) is 9.74. The first kappa shape index (κ1) is 11.6. The standard InChI is InChI=1S/C16H14N2O2/c19-18(20)11-6-5-10-7-16-13-4-2-1-3-12(13)15(9-17-16)14(10)8-11/h1-6,8,15-17H,7,9H2. The van der Waals surface area contributed by atoms with Gasteiger partial charge in [0.1, 0.15) is 0 Å². The van der Waals surface area contributed by atoms with Crippen molar-refractivity contribution in [3.05, 3.63) is 74.8 Å². The highest BCUT2D eigenvalue weighted by Gasteiger charge is 2.33. The summed E-state index contributed by atoms with van der Waals surface area (Å²) in [6.45, 7) is 0.857. The van der Waals surface area contributed by atoms with Crippen molar-refractivity contribution in [2.75, 3.05) is 6.54 Å². The van der Waals surface area contributed by atoms with Crippen LogP contribution in [0.2, 0.25) is 0 Å². The molecule has 2 bridgehead atoms. The molecule has 100 valence electrons. The van der Waals surface area contributed by atoms with E-state index in [4.69, 9.17) is 0 Å². The van der Waals surface area contributed by atoms with Gasteiger partial charge in [-0.05, 0) is 28.7 Å². The van der Waals surface area contributed by atoms with Gasteiger partial charge in [0, 0.05) is 30.6 Å². The third-order valence-corrected chi connectivity index (χ3v) is 4.45. The Labute approximate surface area is 116 Å². The smallest absolute Gasteiger partial charge is 0.269 e. The summed E-state index contributed by atoms with van der Waals surface area (Å²) in [5.74, 6) is 0.222. The fourth-order valence-electron chi connectivity index (χ4n) is 3.51. The van der Waals surface area contributed by atoms with Crippen molar-refractivity contribution >= 4 is 5.69 Å². The Morgan fingerprint density at radius 3 is 2.70 bits per heavy atom. The average molecular weight is 266 g/mol. The first-order valence-electron chi connectivity index (χ1n) is 6.83. The minimum Gasteiger partial charge on any atom is -0.309 e. The average Bonchev–Trinajstić information content (AvgIpc) is 2.73. The van der Waals surface area contributed by atoms with Crippen LogP contribution >= 0.6 is 0 Å². The van der Waals surface area contributed by atoms with Crippen LogP contribution in [0, 0.1) is 10.1 Å². The van der Waals surface area contributed by atoms with Gasteiger partial charge in [0.05, 0.1) is 4.92 Å². The molecular formula is C16H14N2O2. The van der Waals surface area contributed by atoms with Gasteiger partial charge in [-0.1, -0.05) is 30.3 Å². The van der Waals surface area contributed by atoms with E-state index in [1.54, 1.807) is 12.1 Å². The van der Waals surface area contributed by atoms with E-state index in [2.05, 4.69) is 29.6 Å². The van der Waals surface area contributed by atoms with Crippen LogP contribution in [0.1, 0.15) is 34.2 Å². The number of rotatable bonds is 1. The van der Waals surface area contributed by atoms with E-state index in [0.717, 1.165) is 18.5 Å². The number of non-ortho nitro benzene ring substituents is 1. The first-order valence-corrected chi connectivity index (χ1v) is 6.83. The van der Waals surface area contributed by atoms with Crippen LogP contribution < -0.4 is 5.32 Å². The van der Waals surface area contributed by atoms with Crippen LogP contribution in [0.25, 0.3) is 0 Å². The molecule has 1 N–H and O–H groups in total. The molecule has 2 heterocycles. The molecule has 0 radical (unpaired) electrons. The van der Waals surface area contributed by atoms with Crippen molar-refractivity contribution in [2.24, 2.45) is 0 Å². The maximum atomic E-state index is 11.0. The molecule has 0 saturated carbocycles. The topological polar surface area (TPSA) is 55.2 Å². The summed E-state index contributed by atoms with van der Waals surface area (Å²) in [5.41, 5.74) is 5.18. The van der Waals surface area contributed by atoms with Crippen molar-refractivity contribution in [3.8, 4) is 0 Å². The quantitative estimate of drug-likeness (QED) is 0.637. The molecule has 0 spiro atoms. The van der Waals surface area contributed by atoms with Crippen LogP contribution in [0.5, 0.6) is 0 Å². The number of hydrogen-bond donors (Lipinski definition) is 1. The number of nitrogens with zero attached hydrogens (tertiary/aromatic N) is 1. The van der Waals surface area contributed by atoms with Gasteiger partial charge in [-0.3, -0.25) is 10.1 Å². The minimum absolute atomic E-state index is 0.187. The molecule has 0 amide bonds. The van der Waals surface area contributed by atoms with Crippen molar-refractivity contribution in [1.82, 2.24) is 5.32 Å². The van der Waals surface area contributed by atoms with Gasteiger partial charge in [0.25, 0.3) is 5.69 Å². The van der Waals surface area contributed by atoms with Gasteiger partial charge in [-0.15, -0.1) is 0 Å². The number of hydrogen-bond acceptors (Lipinski definition) is 3. The molecule has 0 aromatic heterocycles. The lowest BCUT2D eigenvalue weighted by molar-refractivity contribution is -0.384.